The van der Waals surface area contributed by atoms with Gasteiger partial charge in [0.05, 0.1) is 0 Å². The van der Waals surface area contributed by atoms with Gasteiger partial charge in [0.2, 0.25) is 5.91 Å². The zero-order valence-corrected chi connectivity index (χ0v) is 11.9. The fraction of sp³-hybridized carbons (Fsp3) is 0.733. The maximum Gasteiger partial charge on any atom is 0.331 e. The lowest BCUT2D eigenvalue weighted by atomic mass is 9.77. The Labute approximate surface area is 114 Å². The summed E-state index contributed by atoms with van der Waals surface area (Å²) in [5, 5.41) is 8.94. The van der Waals surface area contributed by atoms with E-state index in [1.807, 2.05) is 4.90 Å². The summed E-state index contributed by atoms with van der Waals surface area (Å²) in [5.41, 5.74) is 1.01. The molecule has 2 fully saturated rings. The first-order chi connectivity index (χ1) is 8.95. The summed E-state index contributed by atoms with van der Waals surface area (Å²) in [7, 11) is 0. The number of hydrogen-bond donors (Lipinski definition) is 1. The van der Waals surface area contributed by atoms with Gasteiger partial charge in [-0.2, -0.15) is 0 Å². The molecule has 1 saturated carbocycles. The minimum Gasteiger partial charge on any atom is -0.478 e. The van der Waals surface area contributed by atoms with E-state index >= 15 is 0 Å². The number of carboxylic acid groups (broad SMARTS) is 1. The molecular weight excluding hydrogens is 242 g/mol. The van der Waals surface area contributed by atoms with Crippen LogP contribution in [0.1, 0.15) is 52.4 Å². The van der Waals surface area contributed by atoms with Crippen molar-refractivity contribution in [2.24, 2.45) is 5.41 Å². The third kappa shape index (κ3) is 2.82. The van der Waals surface area contributed by atoms with Crippen LogP contribution in [0.25, 0.3) is 0 Å². The minimum absolute atomic E-state index is 0.104. The second kappa shape index (κ2) is 5.35. The van der Waals surface area contributed by atoms with Crippen molar-refractivity contribution in [3.8, 4) is 0 Å². The third-order valence-electron chi connectivity index (χ3n) is 4.98. The number of nitrogens with zero attached hydrogens (tertiary/aromatic N) is 1. The molecule has 1 spiro atoms. The number of carbonyl (C=O) groups excluding carboxylic acids is 1. The molecule has 1 saturated heterocycles. The molecule has 0 aromatic rings. The Morgan fingerprint density at radius 3 is 1.95 bits per heavy atom. The van der Waals surface area contributed by atoms with Crippen LogP contribution in [-0.2, 0) is 9.59 Å². The number of piperidine rings is 1. The van der Waals surface area contributed by atoms with Crippen LogP contribution in [0.15, 0.2) is 11.1 Å². The Bertz CT molecular complexity index is 409. The number of likely N-dealkylation sites (tertiary alicyclic amines) is 1. The van der Waals surface area contributed by atoms with Crippen molar-refractivity contribution in [3.05, 3.63) is 11.1 Å². The smallest absolute Gasteiger partial charge is 0.331 e. The Kier molecular flexibility index (Phi) is 3.97. The van der Waals surface area contributed by atoms with Gasteiger partial charge in [-0.05, 0) is 44.9 Å². The normalized spacial score (nSPS) is 23.4. The van der Waals surface area contributed by atoms with E-state index in [1.165, 1.54) is 32.6 Å². The summed E-state index contributed by atoms with van der Waals surface area (Å²) < 4.78 is 0. The topological polar surface area (TPSA) is 57.6 Å². The van der Waals surface area contributed by atoms with Crippen LogP contribution in [0.4, 0.5) is 0 Å². The third-order valence-corrected chi connectivity index (χ3v) is 4.98. The van der Waals surface area contributed by atoms with E-state index in [1.54, 1.807) is 6.92 Å². The van der Waals surface area contributed by atoms with Crippen LogP contribution in [0.3, 0.4) is 0 Å². The summed E-state index contributed by atoms with van der Waals surface area (Å²) in [5.74, 6) is -1.11. The van der Waals surface area contributed by atoms with Gasteiger partial charge in [-0.15, -0.1) is 0 Å². The standard InChI is InChI=1S/C15H23NO3/c1-11(12(2)14(18)19)13(17)16-9-7-15(8-10-16)5-3-4-6-15/h3-10H2,1-2H3,(H,18,19). The van der Waals surface area contributed by atoms with Crippen LogP contribution in [-0.4, -0.2) is 35.0 Å². The Hall–Kier alpha value is -1.32. The molecule has 106 valence electrons. The fourth-order valence-corrected chi connectivity index (χ4v) is 3.37. The van der Waals surface area contributed by atoms with Gasteiger partial charge in [0.15, 0.2) is 0 Å². The second-order valence-corrected chi connectivity index (χ2v) is 6.05. The molecule has 0 unspecified atom stereocenters. The van der Waals surface area contributed by atoms with Crippen LogP contribution in [0, 0.1) is 5.41 Å². The van der Waals surface area contributed by atoms with Crippen LogP contribution in [0.5, 0.6) is 0 Å². The van der Waals surface area contributed by atoms with E-state index in [0.717, 1.165) is 25.9 Å². The molecule has 1 amide bonds. The molecule has 1 aliphatic heterocycles. The molecule has 2 rings (SSSR count). The maximum atomic E-state index is 12.3. The monoisotopic (exact) mass is 265 g/mol. The van der Waals surface area contributed by atoms with Gasteiger partial charge < -0.3 is 10.0 Å². The van der Waals surface area contributed by atoms with Crippen LogP contribution >= 0.6 is 0 Å². The molecule has 0 radical (unpaired) electrons. The van der Waals surface area contributed by atoms with Crippen LogP contribution in [0.2, 0.25) is 0 Å². The first-order valence-electron chi connectivity index (χ1n) is 7.15. The maximum absolute atomic E-state index is 12.3. The fourth-order valence-electron chi connectivity index (χ4n) is 3.37. The largest absolute Gasteiger partial charge is 0.478 e. The number of carboxylic acids is 1. The van der Waals surface area contributed by atoms with Crippen molar-refractivity contribution in [2.45, 2.75) is 52.4 Å². The summed E-state index contributed by atoms with van der Waals surface area (Å²) >= 11 is 0. The highest BCUT2D eigenvalue weighted by Gasteiger charge is 2.38. The summed E-state index contributed by atoms with van der Waals surface area (Å²) in [6.45, 7) is 4.68. The lowest BCUT2D eigenvalue weighted by Crippen LogP contribution is -2.42. The molecule has 0 bridgehead atoms. The molecule has 1 aliphatic carbocycles. The van der Waals surface area contributed by atoms with Gasteiger partial charge in [-0.25, -0.2) is 4.79 Å². The van der Waals surface area contributed by atoms with Gasteiger partial charge in [0, 0.05) is 24.2 Å². The van der Waals surface area contributed by atoms with Crippen LogP contribution < -0.4 is 0 Å². The van der Waals surface area contributed by atoms with E-state index < -0.39 is 5.97 Å². The zero-order chi connectivity index (χ0) is 14.0. The van der Waals surface area contributed by atoms with Gasteiger partial charge in [-0.1, -0.05) is 12.8 Å². The Balaban J connectivity index is 1.99. The molecular formula is C15H23NO3. The average molecular weight is 265 g/mol. The molecule has 0 aromatic carbocycles. The van der Waals surface area contributed by atoms with Crippen molar-refractivity contribution in [1.29, 1.82) is 0 Å². The predicted octanol–water partition coefficient (Wildman–Crippen LogP) is 2.59. The summed E-state index contributed by atoms with van der Waals surface area (Å²) in [6.07, 6.45) is 7.42. The van der Waals surface area contributed by atoms with Gasteiger partial charge in [0.25, 0.3) is 0 Å². The summed E-state index contributed by atoms with van der Waals surface area (Å²) in [6, 6.07) is 0. The Morgan fingerprint density at radius 2 is 1.47 bits per heavy atom. The van der Waals surface area contributed by atoms with Gasteiger partial charge in [-0.3, -0.25) is 4.79 Å². The lowest BCUT2D eigenvalue weighted by molar-refractivity contribution is -0.134. The van der Waals surface area contributed by atoms with E-state index in [9.17, 15) is 9.59 Å². The molecule has 0 atom stereocenters. The highest BCUT2D eigenvalue weighted by Crippen LogP contribution is 2.46. The summed E-state index contributed by atoms with van der Waals surface area (Å²) in [4.78, 5) is 25.0. The van der Waals surface area contributed by atoms with Crippen molar-refractivity contribution >= 4 is 11.9 Å². The van der Waals surface area contributed by atoms with E-state index in [4.69, 9.17) is 5.11 Å². The lowest BCUT2D eigenvalue weighted by Gasteiger charge is -2.39. The number of rotatable bonds is 2. The molecule has 19 heavy (non-hydrogen) atoms. The predicted molar refractivity (Wildman–Crippen MR) is 72.7 cm³/mol. The first-order valence-corrected chi connectivity index (χ1v) is 7.15. The molecule has 0 aromatic heterocycles. The number of amides is 1. The highest BCUT2D eigenvalue weighted by atomic mass is 16.4. The first kappa shape index (κ1) is 14.1. The molecule has 4 heteroatoms. The van der Waals surface area contributed by atoms with E-state index in [0.29, 0.717) is 11.0 Å². The van der Waals surface area contributed by atoms with Gasteiger partial charge in [0.1, 0.15) is 0 Å². The van der Waals surface area contributed by atoms with Crippen molar-refractivity contribution in [3.63, 3.8) is 0 Å². The average Bonchev–Trinajstić information content (AvgIpc) is 2.85. The number of aliphatic carboxylic acids is 1. The van der Waals surface area contributed by atoms with Gasteiger partial charge >= 0.3 is 5.97 Å². The molecule has 4 nitrogen and oxygen atoms in total. The van der Waals surface area contributed by atoms with Crippen molar-refractivity contribution in [1.82, 2.24) is 4.90 Å². The number of hydrogen-bond acceptors (Lipinski definition) is 2. The highest BCUT2D eigenvalue weighted by molar-refractivity contribution is 6.01. The Morgan fingerprint density at radius 1 is 0.947 bits per heavy atom. The van der Waals surface area contributed by atoms with Crippen molar-refractivity contribution in [2.75, 3.05) is 13.1 Å². The van der Waals surface area contributed by atoms with E-state index in [2.05, 4.69) is 0 Å². The quantitative estimate of drug-likeness (QED) is 0.781. The molecule has 1 N–H and O–H groups in total. The minimum atomic E-state index is -1.00. The SMILES string of the molecule is CC(C(=O)O)=C(C)C(=O)N1CCC2(CCCC2)CC1. The number of carbonyl (C=O) groups is 2. The van der Waals surface area contributed by atoms with Crippen molar-refractivity contribution < 1.29 is 14.7 Å². The molecule has 1 heterocycles. The molecule has 2 aliphatic rings. The van der Waals surface area contributed by atoms with E-state index in [-0.39, 0.29) is 11.5 Å². The zero-order valence-electron chi connectivity index (χ0n) is 11.9. The second-order valence-electron chi connectivity index (χ2n) is 6.05.